The number of hydrogen-bond acceptors (Lipinski definition) is 6. The molecule has 1 N–H and O–H groups in total. The Morgan fingerprint density at radius 3 is 2.96 bits per heavy atom. The average molecular weight is 344 g/mol. The minimum Gasteiger partial charge on any atom is -0.495 e. The second kappa shape index (κ2) is 7.55. The number of ether oxygens (including phenoxy) is 1. The summed E-state index contributed by atoms with van der Waals surface area (Å²) in [6.07, 6.45) is 3.24. The van der Waals surface area contributed by atoms with Gasteiger partial charge in [0.25, 0.3) is 0 Å². The second-order valence-corrected chi connectivity index (χ2v) is 6.20. The van der Waals surface area contributed by atoms with E-state index in [1.807, 2.05) is 25.1 Å². The number of amides is 1. The maximum Gasteiger partial charge on any atom is 0.248 e. The predicted molar refractivity (Wildman–Crippen MR) is 94.9 cm³/mol. The number of carbonyl (C=O) groups excluding carboxylic acids is 1. The number of methoxy groups -OCH3 is 1. The topological polar surface area (TPSA) is 80.5 Å². The van der Waals surface area contributed by atoms with Crippen molar-refractivity contribution in [2.24, 2.45) is 0 Å². The van der Waals surface area contributed by atoms with Crippen LogP contribution >= 0.6 is 0 Å². The molecule has 1 aromatic carbocycles. The molecule has 7 heteroatoms. The summed E-state index contributed by atoms with van der Waals surface area (Å²) in [7, 11) is 1.61. The highest BCUT2D eigenvalue weighted by molar-refractivity contribution is 5.97. The molecule has 1 aliphatic rings. The fraction of sp³-hybridized carbons (Fsp3) is 0.500. The van der Waals surface area contributed by atoms with Gasteiger partial charge in [0.15, 0.2) is 5.82 Å². The minimum absolute atomic E-state index is 0.129. The van der Waals surface area contributed by atoms with Crippen LogP contribution in [0.15, 0.2) is 22.7 Å². The number of carbonyl (C=O) groups is 1. The summed E-state index contributed by atoms with van der Waals surface area (Å²) in [5.74, 6) is 2.10. The molecular formula is C18H24N4O3. The third-order valence-corrected chi connectivity index (χ3v) is 4.25. The van der Waals surface area contributed by atoms with Crippen molar-refractivity contribution in [3.8, 4) is 5.75 Å². The highest BCUT2D eigenvalue weighted by Gasteiger charge is 2.25. The molecule has 1 atom stereocenters. The largest absolute Gasteiger partial charge is 0.495 e. The maximum atomic E-state index is 12.1. The SMILES string of the molecule is CCCc1noc([C@@H](C)Nc2ccc(OC)c(N3CCCC3=O)c2)n1. The van der Waals surface area contributed by atoms with Crippen molar-refractivity contribution >= 4 is 17.3 Å². The van der Waals surface area contributed by atoms with E-state index in [4.69, 9.17) is 9.26 Å². The number of benzene rings is 1. The van der Waals surface area contributed by atoms with E-state index < -0.39 is 0 Å². The Kier molecular flexibility index (Phi) is 5.21. The van der Waals surface area contributed by atoms with Gasteiger partial charge in [-0.2, -0.15) is 4.98 Å². The summed E-state index contributed by atoms with van der Waals surface area (Å²) in [4.78, 5) is 18.3. The fourth-order valence-electron chi connectivity index (χ4n) is 2.97. The van der Waals surface area contributed by atoms with E-state index in [-0.39, 0.29) is 11.9 Å². The summed E-state index contributed by atoms with van der Waals surface area (Å²) in [5, 5.41) is 7.34. The van der Waals surface area contributed by atoms with E-state index in [9.17, 15) is 4.79 Å². The van der Waals surface area contributed by atoms with Gasteiger partial charge in [0.05, 0.1) is 12.8 Å². The molecule has 1 fully saturated rings. The average Bonchev–Trinajstić information content (AvgIpc) is 3.24. The third kappa shape index (κ3) is 3.75. The number of aromatic nitrogens is 2. The summed E-state index contributed by atoms with van der Waals surface area (Å²) < 4.78 is 10.7. The quantitative estimate of drug-likeness (QED) is 0.830. The molecule has 25 heavy (non-hydrogen) atoms. The fourth-order valence-corrected chi connectivity index (χ4v) is 2.97. The normalized spacial score (nSPS) is 15.5. The first kappa shape index (κ1) is 17.3. The molecule has 1 aliphatic heterocycles. The Balaban J connectivity index is 1.78. The van der Waals surface area contributed by atoms with Gasteiger partial charge in [0.2, 0.25) is 11.8 Å². The molecule has 0 unspecified atom stereocenters. The number of rotatable bonds is 7. The van der Waals surface area contributed by atoms with Crippen LogP contribution in [-0.2, 0) is 11.2 Å². The van der Waals surface area contributed by atoms with Crippen molar-refractivity contribution in [3.05, 3.63) is 29.9 Å². The number of aryl methyl sites for hydroxylation is 1. The first-order chi connectivity index (χ1) is 12.1. The second-order valence-electron chi connectivity index (χ2n) is 6.20. The molecule has 2 aromatic rings. The molecule has 0 spiro atoms. The molecule has 134 valence electrons. The number of anilines is 2. The molecule has 0 radical (unpaired) electrons. The van der Waals surface area contributed by atoms with Gasteiger partial charge < -0.3 is 19.5 Å². The van der Waals surface area contributed by atoms with Crippen molar-refractivity contribution in [3.63, 3.8) is 0 Å². The summed E-state index contributed by atoms with van der Waals surface area (Å²) >= 11 is 0. The lowest BCUT2D eigenvalue weighted by Gasteiger charge is -2.21. The van der Waals surface area contributed by atoms with Crippen molar-refractivity contribution in [2.45, 2.75) is 45.6 Å². The Morgan fingerprint density at radius 2 is 2.28 bits per heavy atom. The van der Waals surface area contributed by atoms with E-state index in [0.717, 1.165) is 43.0 Å². The van der Waals surface area contributed by atoms with E-state index >= 15 is 0 Å². The van der Waals surface area contributed by atoms with Crippen LogP contribution in [0.25, 0.3) is 0 Å². The van der Waals surface area contributed by atoms with Gasteiger partial charge in [-0.15, -0.1) is 0 Å². The smallest absolute Gasteiger partial charge is 0.248 e. The van der Waals surface area contributed by atoms with Gasteiger partial charge in [0, 0.05) is 25.1 Å². The predicted octanol–water partition coefficient (Wildman–Crippen LogP) is 3.33. The molecule has 2 heterocycles. The van der Waals surface area contributed by atoms with Crippen molar-refractivity contribution < 1.29 is 14.1 Å². The van der Waals surface area contributed by atoms with Crippen LogP contribution in [0, 0.1) is 0 Å². The van der Waals surface area contributed by atoms with Gasteiger partial charge in [-0.05, 0) is 38.0 Å². The van der Waals surface area contributed by atoms with Crippen LogP contribution in [0.2, 0.25) is 0 Å². The van der Waals surface area contributed by atoms with Crippen LogP contribution in [0.3, 0.4) is 0 Å². The number of nitrogens with zero attached hydrogens (tertiary/aromatic N) is 3. The molecule has 7 nitrogen and oxygen atoms in total. The molecular weight excluding hydrogens is 320 g/mol. The highest BCUT2D eigenvalue weighted by Crippen LogP contribution is 2.34. The van der Waals surface area contributed by atoms with E-state index in [1.165, 1.54) is 0 Å². The minimum atomic E-state index is -0.131. The molecule has 0 saturated carbocycles. The summed E-state index contributed by atoms with van der Waals surface area (Å²) in [6, 6.07) is 5.59. The van der Waals surface area contributed by atoms with Gasteiger partial charge in [-0.25, -0.2) is 0 Å². The molecule has 1 amide bonds. The zero-order valence-electron chi connectivity index (χ0n) is 14.9. The molecule has 1 aromatic heterocycles. The van der Waals surface area contributed by atoms with Gasteiger partial charge in [0.1, 0.15) is 11.8 Å². The van der Waals surface area contributed by atoms with Crippen molar-refractivity contribution in [1.29, 1.82) is 0 Å². The Hall–Kier alpha value is -2.57. The van der Waals surface area contributed by atoms with Gasteiger partial charge in [-0.1, -0.05) is 12.1 Å². The maximum absolute atomic E-state index is 12.1. The monoisotopic (exact) mass is 344 g/mol. The lowest BCUT2D eigenvalue weighted by Crippen LogP contribution is -2.24. The van der Waals surface area contributed by atoms with Crippen LogP contribution in [0.5, 0.6) is 5.75 Å². The zero-order chi connectivity index (χ0) is 17.8. The first-order valence-corrected chi connectivity index (χ1v) is 8.69. The standard InChI is InChI=1S/C18H24N4O3/c1-4-6-16-20-18(25-21-16)12(2)19-13-8-9-15(24-3)14(11-13)22-10-5-7-17(22)23/h8-9,11-12,19H,4-7,10H2,1-3H3/t12-/m1/s1. The number of hydrogen-bond donors (Lipinski definition) is 1. The van der Waals surface area contributed by atoms with Gasteiger partial charge >= 0.3 is 0 Å². The van der Waals surface area contributed by atoms with E-state index in [0.29, 0.717) is 18.1 Å². The van der Waals surface area contributed by atoms with Gasteiger partial charge in [-0.3, -0.25) is 4.79 Å². The van der Waals surface area contributed by atoms with E-state index in [1.54, 1.807) is 12.0 Å². The number of nitrogens with one attached hydrogen (secondary N) is 1. The molecule has 0 bridgehead atoms. The van der Waals surface area contributed by atoms with Crippen LogP contribution in [-0.4, -0.2) is 29.7 Å². The molecule has 3 rings (SSSR count). The van der Waals surface area contributed by atoms with E-state index in [2.05, 4.69) is 22.4 Å². The summed E-state index contributed by atoms with van der Waals surface area (Å²) in [5.41, 5.74) is 1.66. The lowest BCUT2D eigenvalue weighted by atomic mass is 10.2. The van der Waals surface area contributed by atoms with Crippen LogP contribution in [0.4, 0.5) is 11.4 Å². The molecule has 0 aliphatic carbocycles. The van der Waals surface area contributed by atoms with Crippen LogP contribution in [0.1, 0.15) is 50.9 Å². The zero-order valence-corrected chi connectivity index (χ0v) is 14.9. The van der Waals surface area contributed by atoms with Crippen molar-refractivity contribution in [1.82, 2.24) is 10.1 Å². The Bertz CT molecular complexity index is 744. The molecule has 1 saturated heterocycles. The summed E-state index contributed by atoms with van der Waals surface area (Å²) in [6.45, 7) is 4.77. The first-order valence-electron chi connectivity index (χ1n) is 8.69. The third-order valence-electron chi connectivity index (χ3n) is 4.25. The lowest BCUT2D eigenvalue weighted by molar-refractivity contribution is -0.117. The highest BCUT2D eigenvalue weighted by atomic mass is 16.5. The van der Waals surface area contributed by atoms with Crippen LogP contribution < -0.4 is 15.0 Å². The Morgan fingerprint density at radius 1 is 1.44 bits per heavy atom. The Labute approximate surface area is 147 Å². The van der Waals surface area contributed by atoms with Crippen molar-refractivity contribution in [2.75, 3.05) is 23.9 Å².